The number of aromatic nitrogens is 4. The number of nitrogen functional groups attached to an aromatic ring is 1. The standard InChI is InChI=1S/C23H22N6O2S/c24-22-20-21(15-6-8-17(9-7-15)32(30,31)16-4-2-1-3-5-16)28-29(23(20)27-13-26-22)19-11-14-10-18(19)25-12-14/h1-9,13-14,18-19,25H,10-12H2,(H2,24,26,27). The largest absolute Gasteiger partial charge is 0.383 e. The molecule has 3 unspecified atom stereocenters. The monoisotopic (exact) mass is 446 g/mol. The molecular weight excluding hydrogens is 424 g/mol. The van der Waals surface area contributed by atoms with E-state index < -0.39 is 9.84 Å². The van der Waals surface area contributed by atoms with E-state index in [0.717, 1.165) is 24.9 Å². The van der Waals surface area contributed by atoms with Crippen molar-refractivity contribution in [3.05, 3.63) is 60.9 Å². The van der Waals surface area contributed by atoms with E-state index in [1.54, 1.807) is 54.6 Å². The van der Waals surface area contributed by atoms with E-state index in [-0.39, 0.29) is 15.8 Å². The first-order valence-corrected chi connectivity index (χ1v) is 12.1. The van der Waals surface area contributed by atoms with Crippen molar-refractivity contribution in [3.63, 3.8) is 0 Å². The Labute approximate surface area is 185 Å². The van der Waals surface area contributed by atoms with Crippen LogP contribution in [-0.4, -0.2) is 40.8 Å². The van der Waals surface area contributed by atoms with E-state index in [1.807, 2.05) is 4.68 Å². The lowest BCUT2D eigenvalue weighted by Gasteiger charge is -2.23. The molecule has 32 heavy (non-hydrogen) atoms. The van der Waals surface area contributed by atoms with Gasteiger partial charge in [-0.1, -0.05) is 30.3 Å². The summed E-state index contributed by atoms with van der Waals surface area (Å²) in [5.74, 6) is 1.03. The Hall–Kier alpha value is -3.30. The van der Waals surface area contributed by atoms with Crippen LogP contribution in [-0.2, 0) is 9.84 Å². The van der Waals surface area contributed by atoms with Crippen LogP contribution in [0.2, 0.25) is 0 Å². The third-order valence-electron chi connectivity index (χ3n) is 6.62. The first-order valence-electron chi connectivity index (χ1n) is 10.6. The molecule has 1 saturated heterocycles. The van der Waals surface area contributed by atoms with Gasteiger partial charge in [0.15, 0.2) is 5.65 Å². The van der Waals surface area contributed by atoms with Crippen LogP contribution >= 0.6 is 0 Å². The van der Waals surface area contributed by atoms with Crippen molar-refractivity contribution in [1.29, 1.82) is 0 Å². The lowest BCUT2D eigenvalue weighted by atomic mass is 10.1. The quantitative estimate of drug-likeness (QED) is 0.495. The molecule has 2 fully saturated rings. The minimum Gasteiger partial charge on any atom is -0.383 e. The second-order valence-corrected chi connectivity index (χ2v) is 10.5. The zero-order valence-electron chi connectivity index (χ0n) is 17.2. The molecular formula is C23H22N6O2S. The molecule has 2 bridgehead atoms. The molecule has 3 atom stereocenters. The van der Waals surface area contributed by atoms with Gasteiger partial charge in [0.1, 0.15) is 17.8 Å². The Morgan fingerprint density at radius 2 is 1.72 bits per heavy atom. The van der Waals surface area contributed by atoms with E-state index in [1.165, 1.54) is 6.33 Å². The first kappa shape index (κ1) is 19.4. The molecule has 2 aromatic heterocycles. The van der Waals surface area contributed by atoms with Crippen LogP contribution in [0.25, 0.3) is 22.3 Å². The molecule has 1 saturated carbocycles. The van der Waals surface area contributed by atoms with Gasteiger partial charge in [0.25, 0.3) is 0 Å². The number of hydrogen-bond donors (Lipinski definition) is 2. The molecule has 1 aliphatic carbocycles. The topological polar surface area (TPSA) is 116 Å². The van der Waals surface area contributed by atoms with Crippen molar-refractivity contribution in [2.45, 2.75) is 34.7 Å². The second-order valence-electron chi connectivity index (χ2n) is 8.51. The van der Waals surface area contributed by atoms with Crippen LogP contribution in [0.1, 0.15) is 18.9 Å². The summed E-state index contributed by atoms with van der Waals surface area (Å²) in [5.41, 5.74) is 8.40. The summed E-state index contributed by atoms with van der Waals surface area (Å²) in [4.78, 5) is 9.18. The van der Waals surface area contributed by atoms with Gasteiger partial charge >= 0.3 is 0 Å². The van der Waals surface area contributed by atoms with Crippen molar-refractivity contribution in [2.75, 3.05) is 12.3 Å². The van der Waals surface area contributed by atoms with Crippen LogP contribution in [0, 0.1) is 5.92 Å². The fraction of sp³-hybridized carbons (Fsp3) is 0.261. The first-order chi connectivity index (χ1) is 15.5. The molecule has 3 N–H and O–H groups in total. The van der Waals surface area contributed by atoms with Crippen LogP contribution in [0.3, 0.4) is 0 Å². The molecule has 0 radical (unpaired) electrons. The second kappa shape index (κ2) is 7.11. The molecule has 1 aliphatic heterocycles. The SMILES string of the molecule is Nc1ncnc2c1c(-c1ccc(S(=O)(=O)c3ccccc3)cc1)nn2C1CC2CNC1C2. The number of nitrogens with one attached hydrogen (secondary N) is 1. The number of nitrogens with two attached hydrogens (primary N) is 1. The zero-order valence-corrected chi connectivity index (χ0v) is 18.0. The van der Waals surface area contributed by atoms with Crippen molar-refractivity contribution < 1.29 is 8.42 Å². The van der Waals surface area contributed by atoms with Gasteiger partial charge in [0, 0.05) is 11.6 Å². The third-order valence-corrected chi connectivity index (χ3v) is 8.40. The average Bonchev–Trinajstić information content (AvgIpc) is 3.54. The molecule has 2 aliphatic rings. The third kappa shape index (κ3) is 2.92. The average molecular weight is 447 g/mol. The summed E-state index contributed by atoms with van der Waals surface area (Å²) in [6, 6.07) is 15.8. The van der Waals surface area contributed by atoms with Crippen molar-refractivity contribution in [3.8, 4) is 11.3 Å². The van der Waals surface area contributed by atoms with Gasteiger partial charge in [-0.3, -0.25) is 0 Å². The van der Waals surface area contributed by atoms with Crippen LogP contribution in [0.5, 0.6) is 0 Å². The van der Waals surface area contributed by atoms with Gasteiger partial charge in [-0.05, 0) is 49.6 Å². The number of piperidine rings is 1. The highest BCUT2D eigenvalue weighted by Crippen LogP contribution is 2.42. The Kier molecular flexibility index (Phi) is 4.31. The Morgan fingerprint density at radius 3 is 2.41 bits per heavy atom. The summed E-state index contributed by atoms with van der Waals surface area (Å²) < 4.78 is 27.8. The number of rotatable bonds is 4. The summed E-state index contributed by atoms with van der Waals surface area (Å²) in [7, 11) is -3.59. The lowest BCUT2D eigenvalue weighted by molar-refractivity contribution is 0.342. The molecule has 0 spiro atoms. The number of fused-ring (bicyclic) bond motifs is 3. The van der Waals surface area contributed by atoms with E-state index in [0.29, 0.717) is 34.5 Å². The molecule has 2 aromatic carbocycles. The molecule has 0 amide bonds. The number of benzene rings is 2. The molecule has 6 rings (SSSR count). The van der Waals surface area contributed by atoms with E-state index in [2.05, 4.69) is 15.3 Å². The smallest absolute Gasteiger partial charge is 0.206 e. The fourth-order valence-electron chi connectivity index (χ4n) is 5.05. The molecule has 162 valence electrons. The predicted octanol–water partition coefficient (Wildman–Crippen LogP) is 2.83. The maximum absolute atomic E-state index is 12.9. The van der Waals surface area contributed by atoms with Gasteiger partial charge < -0.3 is 11.1 Å². The van der Waals surface area contributed by atoms with Crippen molar-refractivity contribution >= 4 is 26.7 Å². The van der Waals surface area contributed by atoms with Crippen LogP contribution < -0.4 is 11.1 Å². The Bertz CT molecular complexity index is 1420. The van der Waals surface area contributed by atoms with E-state index >= 15 is 0 Å². The van der Waals surface area contributed by atoms with E-state index in [4.69, 9.17) is 10.8 Å². The number of nitrogens with zero attached hydrogens (tertiary/aromatic N) is 4. The summed E-state index contributed by atoms with van der Waals surface area (Å²) >= 11 is 0. The Balaban J connectivity index is 1.44. The summed E-state index contributed by atoms with van der Waals surface area (Å²) in [6.45, 7) is 1.06. The molecule has 9 heteroatoms. The number of anilines is 1. The van der Waals surface area contributed by atoms with Crippen molar-refractivity contribution in [2.24, 2.45) is 5.92 Å². The maximum Gasteiger partial charge on any atom is 0.206 e. The number of sulfone groups is 1. The molecule has 4 aromatic rings. The maximum atomic E-state index is 12.9. The normalized spacial score (nSPS) is 22.6. The highest BCUT2D eigenvalue weighted by molar-refractivity contribution is 7.91. The highest BCUT2D eigenvalue weighted by atomic mass is 32.2. The zero-order chi connectivity index (χ0) is 21.9. The number of hydrogen-bond acceptors (Lipinski definition) is 7. The highest BCUT2D eigenvalue weighted by Gasteiger charge is 2.42. The van der Waals surface area contributed by atoms with Gasteiger partial charge in [-0.15, -0.1) is 0 Å². The van der Waals surface area contributed by atoms with Gasteiger partial charge in [-0.2, -0.15) is 5.10 Å². The Morgan fingerprint density at radius 1 is 0.969 bits per heavy atom. The minimum absolute atomic E-state index is 0.219. The van der Waals surface area contributed by atoms with Gasteiger partial charge in [0.2, 0.25) is 9.84 Å². The predicted molar refractivity (Wildman–Crippen MR) is 121 cm³/mol. The molecule has 3 heterocycles. The van der Waals surface area contributed by atoms with Gasteiger partial charge in [0.05, 0.1) is 21.2 Å². The molecule has 8 nitrogen and oxygen atoms in total. The summed E-state index contributed by atoms with van der Waals surface area (Å²) in [6.07, 6.45) is 3.68. The van der Waals surface area contributed by atoms with E-state index in [9.17, 15) is 8.42 Å². The fourth-order valence-corrected chi connectivity index (χ4v) is 6.33. The van der Waals surface area contributed by atoms with Gasteiger partial charge in [-0.25, -0.2) is 23.1 Å². The lowest BCUT2D eigenvalue weighted by Crippen LogP contribution is -2.35. The summed E-state index contributed by atoms with van der Waals surface area (Å²) in [5, 5.41) is 9.19. The van der Waals surface area contributed by atoms with Crippen molar-refractivity contribution in [1.82, 2.24) is 25.1 Å². The van der Waals surface area contributed by atoms with Crippen LogP contribution in [0.15, 0.2) is 70.7 Å². The minimum atomic E-state index is -3.59. The van der Waals surface area contributed by atoms with Crippen LogP contribution in [0.4, 0.5) is 5.82 Å².